The summed E-state index contributed by atoms with van der Waals surface area (Å²) < 4.78 is 67.2. The number of benzene rings is 7. The Bertz CT molecular complexity index is 2540. The van der Waals surface area contributed by atoms with Gasteiger partial charge in [0.15, 0.2) is 0 Å². The maximum Gasteiger partial charge on any atom is 0.111 e. The van der Waals surface area contributed by atoms with E-state index in [1.807, 2.05) is 97.1 Å². The van der Waals surface area contributed by atoms with Crippen molar-refractivity contribution >= 4 is 32.6 Å². The zero-order valence-electron chi connectivity index (χ0n) is 30.4. The van der Waals surface area contributed by atoms with Gasteiger partial charge in [-0.2, -0.15) is 0 Å². The van der Waals surface area contributed by atoms with Crippen LogP contribution in [0.1, 0.15) is 16.8 Å². The molecule has 0 bridgehead atoms. The van der Waals surface area contributed by atoms with E-state index < -0.39 is 12.9 Å². The average Bonchev–Trinajstić information content (AvgIpc) is 3.53. The largest absolute Gasteiger partial charge is 0.297 e. The molecule has 0 radical (unpaired) electrons. The second kappa shape index (κ2) is 9.87. The van der Waals surface area contributed by atoms with Crippen molar-refractivity contribution in [3.05, 3.63) is 157 Å². The Hall–Kier alpha value is -5.47. The topological polar surface area (TPSA) is 17.8 Å². The summed E-state index contributed by atoms with van der Waals surface area (Å²) in [4.78, 5) is 4.46. The minimum atomic E-state index is -2.40. The first-order chi connectivity index (χ1) is 24.0. The summed E-state index contributed by atoms with van der Waals surface area (Å²) in [6.45, 7) is -2.40. The van der Waals surface area contributed by atoms with Crippen LogP contribution in [-0.2, 0) is 0 Å². The predicted octanol–water partition coefficient (Wildman–Crippen LogP) is 10.6. The number of aryl methyl sites for hydroxylation is 1. The Kier molecular flexibility index (Phi) is 4.08. The lowest BCUT2D eigenvalue weighted by Crippen LogP contribution is -1.97. The summed E-state index contributed by atoms with van der Waals surface area (Å²) in [6, 6.07) is 37.7. The fraction of sp³-hybridized carbons (Fsp3) is 0.0250. The molecule has 8 aromatic rings. The molecule has 198 valence electrons. The van der Waals surface area contributed by atoms with Crippen LogP contribution in [0.2, 0.25) is 0 Å². The molecule has 0 aliphatic rings. The number of fused-ring (bicyclic) bond motifs is 3. The third-order valence-corrected chi connectivity index (χ3v) is 7.87. The third kappa shape index (κ3) is 3.92. The highest BCUT2D eigenvalue weighted by molar-refractivity contribution is 6.21. The Labute approximate surface area is 256 Å². The van der Waals surface area contributed by atoms with E-state index in [2.05, 4.69) is 29.2 Å². The first kappa shape index (κ1) is 17.4. The van der Waals surface area contributed by atoms with Gasteiger partial charge < -0.3 is 0 Å². The van der Waals surface area contributed by atoms with Gasteiger partial charge in [0.25, 0.3) is 0 Å². The minimum absolute atomic E-state index is 0.0179. The van der Waals surface area contributed by atoms with Crippen LogP contribution in [0.3, 0.4) is 0 Å². The molecule has 0 saturated heterocycles. The summed E-state index contributed by atoms with van der Waals surface area (Å²) in [5.41, 5.74) is 6.75. The van der Waals surface area contributed by atoms with Crippen molar-refractivity contribution in [2.45, 2.75) is 6.85 Å². The van der Waals surface area contributed by atoms with Crippen LogP contribution in [0.5, 0.6) is 0 Å². The monoisotopic (exact) mass is 544 g/mol. The molecular weight excluding hydrogens is 508 g/mol. The van der Waals surface area contributed by atoms with Gasteiger partial charge in [-0.1, -0.05) is 127 Å². The molecule has 0 aliphatic carbocycles. The summed E-state index contributed by atoms with van der Waals surface area (Å²) in [5, 5.41) is 4.15. The summed E-state index contributed by atoms with van der Waals surface area (Å²) in [5.74, 6) is 0.0179. The lowest BCUT2D eigenvalue weighted by Gasteiger charge is -2.18. The van der Waals surface area contributed by atoms with Gasteiger partial charge in [0.2, 0.25) is 0 Å². The van der Waals surface area contributed by atoms with Crippen LogP contribution >= 0.6 is 0 Å². The molecule has 1 aromatic heterocycles. The van der Waals surface area contributed by atoms with Gasteiger partial charge in [-0.05, 0) is 86.0 Å². The fourth-order valence-corrected chi connectivity index (χ4v) is 6.01. The molecule has 0 fully saturated rings. The Morgan fingerprint density at radius 1 is 0.524 bits per heavy atom. The molecule has 7 aromatic carbocycles. The normalized spacial score (nSPS) is 14.5. The van der Waals surface area contributed by atoms with Crippen LogP contribution in [0.25, 0.3) is 71.6 Å². The zero-order valence-corrected chi connectivity index (χ0v) is 22.4. The van der Waals surface area contributed by atoms with Gasteiger partial charge in [-0.3, -0.25) is 4.57 Å². The SMILES string of the molecule is [2H]c1c([2H])c([2H])c(-c2ccc(-c3c4ccccc4c(-c4ccc(-n5c(C([2H])([2H])[2H])nc6ccccc65)cc4)c4ccccc34)cc2)c([2H])c1[2H]. The van der Waals surface area contributed by atoms with Crippen LogP contribution in [0.4, 0.5) is 0 Å². The first-order valence-corrected chi connectivity index (χ1v) is 13.7. The van der Waals surface area contributed by atoms with Crippen molar-refractivity contribution in [2.24, 2.45) is 0 Å². The molecule has 0 atom stereocenters. The molecule has 0 saturated carbocycles. The zero-order chi connectivity index (χ0) is 34.9. The number of nitrogens with zero attached hydrogens (tertiary/aromatic N) is 2. The van der Waals surface area contributed by atoms with E-state index in [9.17, 15) is 0 Å². The number of hydrogen-bond donors (Lipinski definition) is 0. The molecule has 0 spiro atoms. The lowest BCUT2D eigenvalue weighted by atomic mass is 9.85. The van der Waals surface area contributed by atoms with Crippen molar-refractivity contribution in [2.75, 3.05) is 0 Å². The second-order valence-electron chi connectivity index (χ2n) is 10.2. The molecule has 0 amide bonds. The molecule has 2 heteroatoms. The van der Waals surface area contributed by atoms with Gasteiger partial charge in [0.05, 0.1) is 17.9 Å². The number of rotatable bonds is 4. The molecule has 0 N–H and O–H groups in total. The van der Waals surface area contributed by atoms with Crippen molar-refractivity contribution in [3.8, 4) is 39.1 Å². The quantitative estimate of drug-likeness (QED) is 0.202. The van der Waals surface area contributed by atoms with Gasteiger partial charge in [-0.25, -0.2) is 4.98 Å². The Balaban J connectivity index is 1.29. The summed E-state index contributed by atoms with van der Waals surface area (Å²) in [6.07, 6.45) is 0. The lowest BCUT2D eigenvalue weighted by molar-refractivity contribution is 1.00. The van der Waals surface area contributed by atoms with E-state index in [0.29, 0.717) is 16.8 Å². The van der Waals surface area contributed by atoms with Crippen molar-refractivity contribution in [3.63, 3.8) is 0 Å². The number of para-hydroxylation sites is 2. The van der Waals surface area contributed by atoms with Crippen LogP contribution in [0.15, 0.2) is 152 Å². The second-order valence-corrected chi connectivity index (χ2v) is 10.2. The molecule has 8 rings (SSSR count). The van der Waals surface area contributed by atoms with E-state index >= 15 is 0 Å². The average molecular weight is 545 g/mol. The standard InChI is InChI=1S/C40H28N2/c1-27-41-37-17-9-10-18-38(37)42(27)32-25-23-31(24-26-32)40-35-15-7-5-13-33(35)39(34-14-6-8-16-36(34)40)30-21-19-29(20-22-30)28-11-3-2-4-12-28/h2-26H,1H3/i1D3,2D,3D,4D,11D,12D. The van der Waals surface area contributed by atoms with E-state index in [0.717, 1.165) is 49.3 Å². The number of imidazole rings is 1. The van der Waals surface area contributed by atoms with E-state index in [4.69, 9.17) is 11.0 Å². The minimum Gasteiger partial charge on any atom is -0.297 e. The van der Waals surface area contributed by atoms with E-state index in [1.165, 1.54) is 0 Å². The molecule has 0 unspecified atom stereocenters. The van der Waals surface area contributed by atoms with Crippen LogP contribution in [-0.4, -0.2) is 9.55 Å². The number of aromatic nitrogens is 2. The summed E-state index contributed by atoms with van der Waals surface area (Å²) in [7, 11) is 0. The maximum absolute atomic E-state index is 8.44. The van der Waals surface area contributed by atoms with Crippen molar-refractivity contribution in [1.82, 2.24) is 9.55 Å². The first-order valence-electron chi connectivity index (χ1n) is 17.7. The highest BCUT2D eigenvalue weighted by Crippen LogP contribution is 2.44. The third-order valence-electron chi connectivity index (χ3n) is 7.87. The van der Waals surface area contributed by atoms with E-state index in [1.54, 1.807) is 4.57 Å². The fourth-order valence-electron chi connectivity index (χ4n) is 6.01. The predicted molar refractivity (Wildman–Crippen MR) is 177 cm³/mol. The molecular formula is C40H28N2. The van der Waals surface area contributed by atoms with E-state index in [-0.39, 0.29) is 35.6 Å². The van der Waals surface area contributed by atoms with Gasteiger partial charge in [0.1, 0.15) is 5.82 Å². The summed E-state index contributed by atoms with van der Waals surface area (Å²) >= 11 is 0. The Morgan fingerprint density at radius 3 is 1.60 bits per heavy atom. The van der Waals surface area contributed by atoms with Crippen molar-refractivity contribution in [1.29, 1.82) is 0 Å². The highest BCUT2D eigenvalue weighted by atomic mass is 15.1. The smallest absolute Gasteiger partial charge is 0.111 e. The molecule has 2 nitrogen and oxygen atoms in total. The molecule has 0 aliphatic heterocycles. The Morgan fingerprint density at radius 2 is 1.02 bits per heavy atom. The molecule has 42 heavy (non-hydrogen) atoms. The van der Waals surface area contributed by atoms with Gasteiger partial charge >= 0.3 is 0 Å². The van der Waals surface area contributed by atoms with Crippen LogP contribution < -0.4 is 0 Å². The van der Waals surface area contributed by atoms with Gasteiger partial charge in [0, 0.05) is 9.80 Å². The van der Waals surface area contributed by atoms with Crippen LogP contribution in [0, 0.1) is 6.85 Å². The highest BCUT2D eigenvalue weighted by Gasteiger charge is 2.17. The van der Waals surface area contributed by atoms with Crippen molar-refractivity contribution < 1.29 is 11.0 Å². The number of hydrogen-bond acceptors (Lipinski definition) is 1. The van der Waals surface area contributed by atoms with Gasteiger partial charge in [-0.15, -0.1) is 0 Å². The molecule has 1 heterocycles. The maximum atomic E-state index is 8.44.